The molecule has 0 saturated heterocycles. The number of nitrogens with zero attached hydrogens (tertiary/aromatic N) is 1. The first-order valence-corrected chi connectivity index (χ1v) is 7.75. The molecule has 0 spiro atoms. The fourth-order valence-corrected chi connectivity index (χ4v) is 2.72. The predicted octanol–water partition coefficient (Wildman–Crippen LogP) is 2.50. The molecule has 3 fully saturated rings. The van der Waals surface area contributed by atoms with Gasteiger partial charge in [-0.1, -0.05) is 6.92 Å². The van der Waals surface area contributed by atoms with Crippen LogP contribution in [0.5, 0.6) is 0 Å². The minimum Gasteiger partial charge on any atom is -0.314 e. The van der Waals surface area contributed by atoms with E-state index in [4.69, 9.17) is 0 Å². The normalized spacial score (nSPS) is 26.5. The summed E-state index contributed by atoms with van der Waals surface area (Å²) in [6.45, 7) is 7.76. The van der Waals surface area contributed by atoms with Crippen LogP contribution in [0.15, 0.2) is 0 Å². The van der Waals surface area contributed by atoms with Crippen molar-refractivity contribution in [3.05, 3.63) is 0 Å². The van der Waals surface area contributed by atoms with Crippen molar-refractivity contribution >= 4 is 0 Å². The molecule has 1 unspecified atom stereocenters. The SMILES string of the molecule is CC(CNC1CC1)CN(CC1CC1)CC1CC1. The molecule has 1 atom stereocenters. The standard InChI is InChI=1S/C15H28N2/c1-12(8-16-15-6-7-15)9-17(10-13-2-3-13)11-14-4-5-14/h12-16H,2-11H2,1H3. The molecule has 0 bridgehead atoms. The van der Waals surface area contributed by atoms with E-state index in [0.717, 1.165) is 23.8 Å². The zero-order valence-corrected chi connectivity index (χ0v) is 11.3. The van der Waals surface area contributed by atoms with Gasteiger partial charge in [0.15, 0.2) is 0 Å². The Morgan fingerprint density at radius 3 is 2.06 bits per heavy atom. The van der Waals surface area contributed by atoms with Gasteiger partial charge >= 0.3 is 0 Å². The van der Waals surface area contributed by atoms with Crippen LogP contribution in [-0.2, 0) is 0 Å². The molecule has 17 heavy (non-hydrogen) atoms. The highest BCUT2D eigenvalue weighted by Gasteiger charge is 2.30. The van der Waals surface area contributed by atoms with Gasteiger partial charge < -0.3 is 10.2 Å². The molecule has 0 aliphatic heterocycles. The molecule has 0 aromatic heterocycles. The highest BCUT2D eigenvalue weighted by molar-refractivity contribution is 4.84. The Hall–Kier alpha value is -0.0800. The third-order valence-corrected chi connectivity index (χ3v) is 4.33. The summed E-state index contributed by atoms with van der Waals surface area (Å²) in [6, 6.07) is 0.873. The third kappa shape index (κ3) is 4.59. The first-order chi connectivity index (χ1) is 8.29. The molecule has 2 nitrogen and oxygen atoms in total. The Labute approximate surface area is 106 Å². The lowest BCUT2D eigenvalue weighted by Gasteiger charge is -2.26. The van der Waals surface area contributed by atoms with Gasteiger partial charge in [-0.3, -0.25) is 0 Å². The summed E-state index contributed by atoms with van der Waals surface area (Å²) < 4.78 is 0. The lowest BCUT2D eigenvalue weighted by atomic mass is 10.1. The Morgan fingerprint density at radius 1 is 1.00 bits per heavy atom. The summed E-state index contributed by atoms with van der Waals surface area (Å²) in [5.74, 6) is 2.93. The summed E-state index contributed by atoms with van der Waals surface area (Å²) in [5, 5.41) is 3.67. The summed E-state index contributed by atoms with van der Waals surface area (Å²) in [5.41, 5.74) is 0. The molecule has 3 aliphatic rings. The molecule has 0 radical (unpaired) electrons. The minimum absolute atomic E-state index is 0.827. The zero-order valence-electron chi connectivity index (χ0n) is 11.3. The van der Waals surface area contributed by atoms with Crippen LogP contribution in [0, 0.1) is 17.8 Å². The van der Waals surface area contributed by atoms with Gasteiger partial charge in [0.1, 0.15) is 0 Å². The van der Waals surface area contributed by atoms with Crippen molar-refractivity contribution < 1.29 is 0 Å². The van der Waals surface area contributed by atoms with Gasteiger partial charge in [0.2, 0.25) is 0 Å². The summed E-state index contributed by atoms with van der Waals surface area (Å²) in [7, 11) is 0. The van der Waals surface area contributed by atoms with Crippen LogP contribution >= 0.6 is 0 Å². The maximum Gasteiger partial charge on any atom is 0.00683 e. The van der Waals surface area contributed by atoms with Crippen molar-refractivity contribution in [2.24, 2.45) is 17.8 Å². The lowest BCUT2D eigenvalue weighted by molar-refractivity contribution is 0.217. The van der Waals surface area contributed by atoms with Crippen molar-refractivity contribution in [2.75, 3.05) is 26.2 Å². The molecule has 3 rings (SSSR count). The molecule has 2 heteroatoms. The Balaban J connectivity index is 1.36. The Kier molecular flexibility index (Phi) is 3.72. The van der Waals surface area contributed by atoms with Crippen molar-refractivity contribution in [1.82, 2.24) is 10.2 Å². The zero-order chi connectivity index (χ0) is 11.7. The van der Waals surface area contributed by atoms with Crippen molar-refractivity contribution in [3.63, 3.8) is 0 Å². The van der Waals surface area contributed by atoms with Crippen LogP contribution in [-0.4, -0.2) is 37.1 Å². The highest BCUT2D eigenvalue weighted by atomic mass is 15.1. The van der Waals surface area contributed by atoms with Crippen molar-refractivity contribution in [3.8, 4) is 0 Å². The highest BCUT2D eigenvalue weighted by Crippen LogP contribution is 2.33. The number of nitrogens with one attached hydrogen (secondary N) is 1. The average molecular weight is 236 g/mol. The molecule has 0 heterocycles. The molecular formula is C15H28N2. The van der Waals surface area contributed by atoms with Gasteiger partial charge in [-0.25, -0.2) is 0 Å². The predicted molar refractivity (Wildman–Crippen MR) is 72.1 cm³/mol. The smallest absolute Gasteiger partial charge is 0.00683 e. The lowest BCUT2D eigenvalue weighted by Crippen LogP contribution is -2.36. The molecular weight excluding hydrogens is 208 g/mol. The van der Waals surface area contributed by atoms with E-state index < -0.39 is 0 Å². The van der Waals surface area contributed by atoms with Gasteiger partial charge in [-0.15, -0.1) is 0 Å². The first kappa shape index (κ1) is 12.0. The molecule has 0 aromatic carbocycles. The van der Waals surface area contributed by atoms with Crippen LogP contribution < -0.4 is 5.32 Å². The van der Waals surface area contributed by atoms with Crippen LogP contribution in [0.25, 0.3) is 0 Å². The molecule has 0 amide bonds. The maximum absolute atomic E-state index is 3.67. The Morgan fingerprint density at radius 2 is 1.59 bits per heavy atom. The van der Waals surface area contributed by atoms with E-state index in [1.807, 2.05) is 0 Å². The second kappa shape index (κ2) is 5.27. The molecule has 0 aromatic rings. The van der Waals surface area contributed by atoms with Gasteiger partial charge in [-0.05, 0) is 62.8 Å². The quantitative estimate of drug-likeness (QED) is 0.662. The second-order valence-corrected chi connectivity index (χ2v) is 6.89. The molecule has 3 aliphatic carbocycles. The number of hydrogen-bond acceptors (Lipinski definition) is 2. The first-order valence-electron chi connectivity index (χ1n) is 7.75. The van der Waals surface area contributed by atoms with Gasteiger partial charge in [-0.2, -0.15) is 0 Å². The van der Waals surface area contributed by atoms with E-state index >= 15 is 0 Å². The van der Waals surface area contributed by atoms with E-state index in [-0.39, 0.29) is 0 Å². The topological polar surface area (TPSA) is 15.3 Å². The molecule has 98 valence electrons. The van der Waals surface area contributed by atoms with Crippen LogP contribution in [0.3, 0.4) is 0 Å². The summed E-state index contributed by atoms with van der Waals surface area (Å²) in [6.07, 6.45) is 8.82. The molecule has 3 saturated carbocycles. The van der Waals surface area contributed by atoms with E-state index in [0.29, 0.717) is 0 Å². The van der Waals surface area contributed by atoms with Gasteiger partial charge in [0.25, 0.3) is 0 Å². The largest absolute Gasteiger partial charge is 0.314 e. The number of rotatable bonds is 9. The third-order valence-electron chi connectivity index (χ3n) is 4.33. The average Bonchev–Trinajstić information content (AvgIpc) is 3.10. The van der Waals surface area contributed by atoms with Crippen LogP contribution in [0.4, 0.5) is 0 Å². The maximum atomic E-state index is 3.67. The van der Waals surface area contributed by atoms with E-state index in [1.165, 1.54) is 64.7 Å². The van der Waals surface area contributed by atoms with Gasteiger partial charge in [0.05, 0.1) is 0 Å². The van der Waals surface area contributed by atoms with E-state index in [1.54, 1.807) is 0 Å². The Bertz CT molecular complexity index is 227. The van der Waals surface area contributed by atoms with E-state index in [9.17, 15) is 0 Å². The van der Waals surface area contributed by atoms with E-state index in [2.05, 4.69) is 17.1 Å². The van der Waals surface area contributed by atoms with Crippen LogP contribution in [0.1, 0.15) is 45.4 Å². The summed E-state index contributed by atoms with van der Waals surface area (Å²) in [4.78, 5) is 2.77. The van der Waals surface area contributed by atoms with Gasteiger partial charge in [0, 0.05) is 25.7 Å². The minimum atomic E-state index is 0.827. The monoisotopic (exact) mass is 236 g/mol. The molecule has 1 N–H and O–H groups in total. The van der Waals surface area contributed by atoms with Crippen molar-refractivity contribution in [2.45, 2.75) is 51.5 Å². The van der Waals surface area contributed by atoms with Crippen LogP contribution in [0.2, 0.25) is 0 Å². The fraction of sp³-hybridized carbons (Fsp3) is 1.00. The second-order valence-electron chi connectivity index (χ2n) is 6.89. The summed E-state index contributed by atoms with van der Waals surface area (Å²) >= 11 is 0. The van der Waals surface area contributed by atoms with Crippen molar-refractivity contribution in [1.29, 1.82) is 0 Å². The number of hydrogen-bond donors (Lipinski definition) is 1. The fourth-order valence-electron chi connectivity index (χ4n) is 2.72.